The fraction of sp³-hybridized carbons (Fsp3) is 0.250. The summed E-state index contributed by atoms with van der Waals surface area (Å²) in [6.07, 6.45) is 3.23. The standard InChI is InChI=1S/C20H20FN5O2S/c1-12-8-13-16(27-2)5-4-14(21)19(13)26(12)7-6-22-18-9-15(24-11-25-18)17-10-23-20(28-3)29-17/h4-5,8-11H,6-7H2,1-3H3,(H,22,24,25). The van der Waals surface area contributed by atoms with Crippen LogP contribution in [0, 0.1) is 12.7 Å². The van der Waals surface area contributed by atoms with Gasteiger partial charge in [-0.3, -0.25) is 0 Å². The van der Waals surface area contributed by atoms with Crippen LogP contribution in [-0.4, -0.2) is 40.3 Å². The molecule has 4 aromatic rings. The number of nitrogens with zero attached hydrogens (tertiary/aromatic N) is 4. The number of methoxy groups -OCH3 is 2. The SMILES string of the molecule is COc1ncc(-c2cc(NCCn3c(C)cc4c(OC)ccc(F)c43)ncn2)s1. The molecule has 0 spiro atoms. The van der Waals surface area contributed by atoms with Crippen molar-refractivity contribution in [2.45, 2.75) is 13.5 Å². The van der Waals surface area contributed by atoms with E-state index in [0.29, 0.717) is 35.4 Å². The van der Waals surface area contributed by atoms with E-state index in [1.54, 1.807) is 26.5 Å². The van der Waals surface area contributed by atoms with Crippen LogP contribution in [0.2, 0.25) is 0 Å². The number of fused-ring (bicyclic) bond motifs is 1. The molecule has 0 saturated carbocycles. The number of anilines is 1. The number of hydrogen-bond acceptors (Lipinski definition) is 7. The summed E-state index contributed by atoms with van der Waals surface area (Å²) in [7, 11) is 3.17. The highest BCUT2D eigenvalue weighted by Gasteiger charge is 2.14. The van der Waals surface area contributed by atoms with E-state index < -0.39 is 0 Å². The predicted octanol–water partition coefficient (Wildman–Crippen LogP) is 4.13. The normalized spacial score (nSPS) is 11.0. The summed E-state index contributed by atoms with van der Waals surface area (Å²) in [6, 6.07) is 6.88. The fourth-order valence-electron chi connectivity index (χ4n) is 3.26. The molecule has 0 radical (unpaired) electrons. The summed E-state index contributed by atoms with van der Waals surface area (Å²) in [5.74, 6) is 1.09. The maximum absolute atomic E-state index is 14.5. The number of ether oxygens (including phenoxy) is 2. The van der Waals surface area contributed by atoms with Gasteiger partial charge in [-0.2, -0.15) is 0 Å². The summed E-state index contributed by atoms with van der Waals surface area (Å²) in [5, 5.41) is 4.64. The first-order valence-electron chi connectivity index (χ1n) is 8.99. The van der Waals surface area contributed by atoms with Gasteiger partial charge in [-0.15, -0.1) is 0 Å². The lowest BCUT2D eigenvalue weighted by atomic mass is 10.2. The molecule has 1 aromatic carbocycles. The zero-order valence-electron chi connectivity index (χ0n) is 16.3. The van der Waals surface area contributed by atoms with Gasteiger partial charge < -0.3 is 19.4 Å². The van der Waals surface area contributed by atoms with E-state index in [9.17, 15) is 4.39 Å². The molecule has 7 nitrogen and oxygen atoms in total. The molecule has 150 valence electrons. The number of thiazole rings is 1. The number of halogens is 1. The van der Waals surface area contributed by atoms with Crippen molar-refractivity contribution < 1.29 is 13.9 Å². The van der Waals surface area contributed by atoms with Crippen molar-refractivity contribution in [2.75, 3.05) is 26.1 Å². The molecule has 3 aromatic heterocycles. The van der Waals surface area contributed by atoms with Crippen LogP contribution in [0.15, 0.2) is 36.8 Å². The lowest BCUT2D eigenvalue weighted by Crippen LogP contribution is -2.12. The van der Waals surface area contributed by atoms with E-state index in [4.69, 9.17) is 9.47 Å². The molecule has 0 unspecified atom stereocenters. The Morgan fingerprint density at radius 3 is 2.76 bits per heavy atom. The Hall–Kier alpha value is -3.20. The maximum atomic E-state index is 14.5. The molecule has 9 heteroatoms. The Labute approximate surface area is 171 Å². The van der Waals surface area contributed by atoms with Crippen LogP contribution >= 0.6 is 11.3 Å². The first-order chi connectivity index (χ1) is 14.1. The third-order valence-electron chi connectivity index (χ3n) is 4.62. The lowest BCUT2D eigenvalue weighted by molar-refractivity contribution is 0.412. The van der Waals surface area contributed by atoms with Crippen LogP contribution in [-0.2, 0) is 6.54 Å². The zero-order valence-corrected chi connectivity index (χ0v) is 17.1. The largest absolute Gasteiger partial charge is 0.496 e. The molecule has 0 amide bonds. The molecule has 0 atom stereocenters. The summed E-state index contributed by atoms with van der Waals surface area (Å²) < 4.78 is 26.9. The molecule has 29 heavy (non-hydrogen) atoms. The van der Waals surface area contributed by atoms with Gasteiger partial charge in [0.1, 0.15) is 23.7 Å². The number of rotatable bonds is 7. The van der Waals surface area contributed by atoms with Gasteiger partial charge in [0.15, 0.2) is 0 Å². The molecule has 0 aliphatic rings. The Bertz CT molecular complexity index is 1160. The number of aromatic nitrogens is 4. The van der Waals surface area contributed by atoms with Gasteiger partial charge in [-0.1, -0.05) is 11.3 Å². The molecule has 0 aliphatic heterocycles. The van der Waals surface area contributed by atoms with Crippen LogP contribution in [0.3, 0.4) is 0 Å². The first-order valence-corrected chi connectivity index (χ1v) is 9.80. The predicted molar refractivity (Wildman–Crippen MR) is 111 cm³/mol. The highest BCUT2D eigenvalue weighted by molar-refractivity contribution is 7.16. The summed E-state index contributed by atoms with van der Waals surface area (Å²) in [5.41, 5.74) is 2.27. The smallest absolute Gasteiger partial charge is 0.273 e. The first kappa shape index (κ1) is 19.1. The number of nitrogens with one attached hydrogen (secondary N) is 1. The minimum Gasteiger partial charge on any atom is -0.496 e. The van der Waals surface area contributed by atoms with Gasteiger partial charge in [0.25, 0.3) is 5.19 Å². The Morgan fingerprint density at radius 1 is 1.14 bits per heavy atom. The van der Waals surface area contributed by atoms with Crippen molar-refractivity contribution in [2.24, 2.45) is 0 Å². The van der Waals surface area contributed by atoms with E-state index in [2.05, 4.69) is 20.3 Å². The van der Waals surface area contributed by atoms with E-state index in [0.717, 1.165) is 21.7 Å². The molecular formula is C20H20FN5O2S. The minimum atomic E-state index is -0.266. The van der Waals surface area contributed by atoms with E-state index in [-0.39, 0.29) is 5.82 Å². The summed E-state index contributed by atoms with van der Waals surface area (Å²) >= 11 is 1.42. The van der Waals surface area contributed by atoms with Crippen molar-refractivity contribution >= 4 is 28.1 Å². The van der Waals surface area contributed by atoms with Crippen molar-refractivity contribution in [3.05, 3.63) is 48.3 Å². The van der Waals surface area contributed by atoms with Crippen LogP contribution in [0.5, 0.6) is 10.9 Å². The van der Waals surface area contributed by atoms with Gasteiger partial charge >= 0.3 is 0 Å². The molecule has 0 saturated heterocycles. The Morgan fingerprint density at radius 2 is 2.00 bits per heavy atom. The average Bonchev–Trinajstić information content (AvgIpc) is 3.34. The van der Waals surface area contributed by atoms with Gasteiger partial charge in [-0.05, 0) is 25.1 Å². The Kier molecular flexibility index (Phi) is 5.30. The lowest BCUT2D eigenvalue weighted by Gasteiger charge is -2.11. The van der Waals surface area contributed by atoms with Gasteiger partial charge in [-0.25, -0.2) is 19.3 Å². The second-order valence-corrected chi connectivity index (χ2v) is 7.35. The molecule has 4 rings (SSSR count). The van der Waals surface area contributed by atoms with E-state index in [1.165, 1.54) is 23.7 Å². The van der Waals surface area contributed by atoms with Crippen molar-refractivity contribution in [1.29, 1.82) is 0 Å². The minimum absolute atomic E-state index is 0.266. The molecule has 3 heterocycles. The molecule has 1 N–H and O–H groups in total. The number of benzene rings is 1. The summed E-state index contributed by atoms with van der Waals surface area (Å²) in [4.78, 5) is 13.6. The topological polar surface area (TPSA) is 74.1 Å². The van der Waals surface area contributed by atoms with Crippen LogP contribution < -0.4 is 14.8 Å². The van der Waals surface area contributed by atoms with Crippen molar-refractivity contribution in [3.63, 3.8) is 0 Å². The number of aryl methyl sites for hydroxylation is 1. The zero-order chi connectivity index (χ0) is 20.4. The Balaban J connectivity index is 1.51. The third-order valence-corrected chi connectivity index (χ3v) is 5.60. The van der Waals surface area contributed by atoms with Gasteiger partial charge in [0.05, 0.1) is 36.5 Å². The summed E-state index contributed by atoms with van der Waals surface area (Å²) in [6.45, 7) is 3.11. The number of hydrogen-bond donors (Lipinski definition) is 1. The van der Waals surface area contributed by atoms with Crippen molar-refractivity contribution in [1.82, 2.24) is 19.5 Å². The highest BCUT2D eigenvalue weighted by atomic mass is 32.1. The molecule has 0 fully saturated rings. The molecular weight excluding hydrogens is 393 g/mol. The van der Waals surface area contributed by atoms with E-state index >= 15 is 0 Å². The maximum Gasteiger partial charge on any atom is 0.273 e. The van der Waals surface area contributed by atoms with Crippen LogP contribution in [0.1, 0.15) is 5.69 Å². The molecule has 0 bridgehead atoms. The average molecular weight is 413 g/mol. The quantitative estimate of drug-likeness (QED) is 0.491. The van der Waals surface area contributed by atoms with Crippen LogP contribution in [0.4, 0.5) is 10.2 Å². The third kappa shape index (κ3) is 3.73. The fourth-order valence-corrected chi connectivity index (χ4v) is 3.96. The second-order valence-electron chi connectivity index (χ2n) is 6.36. The van der Waals surface area contributed by atoms with Gasteiger partial charge in [0.2, 0.25) is 0 Å². The van der Waals surface area contributed by atoms with E-state index in [1.807, 2.05) is 23.6 Å². The monoisotopic (exact) mass is 413 g/mol. The highest BCUT2D eigenvalue weighted by Crippen LogP contribution is 2.31. The molecule has 0 aliphatic carbocycles. The van der Waals surface area contributed by atoms with Gasteiger partial charge in [0, 0.05) is 30.2 Å². The van der Waals surface area contributed by atoms with Crippen molar-refractivity contribution in [3.8, 4) is 21.5 Å². The van der Waals surface area contributed by atoms with Crippen LogP contribution in [0.25, 0.3) is 21.5 Å². The second kappa shape index (κ2) is 8.04.